The van der Waals surface area contributed by atoms with E-state index in [1.54, 1.807) is 18.6 Å². The zero-order chi connectivity index (χ0) is 17.7. The minimum atomic E-state index is -1.39. The molecule has 10 heteroatoms. The molecule has 24 heavy (non-hydrogen) atoms. The summed E-state index contributed by atoms with van der Waals surface area (Å²) < 4.78 is 46.4. The second-order valence-electron chi connectivity index (χ2n) is 4.94. The van der Waals surface area contributed by atoms with Crippen molar-refractivity contribution < 1.29 is 22.7 Å². The first-order valence-corrected chi connectivity index (χ1v) is 7.01. The predicted molar refractivity (Wildman–Crippen MR) is 78.8 cm³/mol. The lowest BCUT2D eigenvalue weighted by molar-refractivity contribution is 0.185. The third-order valence-electron chi connectivity index (χ3n) is 3.16. The van der Waals surface area contributed by atoms with Crippen LogP contribution in [0.25, 0.3) is 0 Å². The molecule has 130 valence electrons. The second-order valence-corrected chi connectivity index (χ2v) is 4.94. The number of urea groups is 1. The number of benzene rings is 1. The van der Waals surface area contributed by atoms with Gasteiger partial charge in [0, 0.05) is 25.8 Å². The van der Waals surface area contributed by atoms with Gasteiger partial charge in [-0.25, -0.2) is 18.0 Å². The van der Waals surface area contributed by atoms with Crippen molar-refractivity contribution in [3.8, 4) is 0 Å². The van der Waals surface area contributed by atoms with Crippen molar-refractivity contribution in [2.24, 2.45) is 0 Å². The molecule has 1 heterocycles. The number of amides is 2. The van der Waals surface area contributed by atoms with E-state index >= 15 is 0 Å². The Morgan fingerprint density at radius 3 is 2.83 bits per heavy atom. The lowest BCUT2D eigenvalue weighted by Gasteiger charge is -2.15. The first-order chi connectivity index (χ1) is 11.4. The molecule has 2 amide bonds. The quantitative estimate of drug-likeness (QED) is 0.788. The summed E-state index contributed by atoms with van der Waals surface area (Å²) in [6, 6.07) is -0.346. The highest BCUT2D eigenvalue weighted by molar-refractivity contribution is 5.89. The third kappa shape index (κ3) is 4.22. The Labute approximate surface area is 135 Å². The lowest BCUT2D eigenvalue weighted by Crippen LogP contribution is -2.33. The maximum absolute atomic E-state index is 13.5. The van der Waals surface area contributed by atoms with E-state index < -0.39 is 35.2 Å². The van der Waals surface area contributed by atoms with E-state index in [2.05, 4.69) is 20.8 Å². The number of hydrogen-bond donors (Lipinski definition) is 2. The molecule has 2 N–H and O–H groups in total. The van der Waals surface area contributed by atoms with E-state index in [0.717, 1.165) is 0 Å². The molecule has 0 saturated heterocycles. The molecule has 0 aliphatic rings. The topological polar surface area (TPSA) is 81.1 Å². The third-order valence-corrected chi connectivity index (χ3v) is 3.16. The molecule has 0 unspecified atom stereocenters. The summed E-state index contributed by atoms with van der Waals surface area (Å²) in [5.41, 5.74) is -0.599. The van der Waals surface area contributed by atoms with Crippen LogP contribution in [0, 0.1) is 17.5 Å². The molecule has 0 aliphatic heterocycles. The van der Waals surface area contributed by atoms with E-state index in [-0.39, 0.29) is 0 Å². The van der Waals surface area contributed by atoms with Crippen LogP contribution >= 0.6 is 0 Å². The van der Waals surface area contributed by atoms with Gasteiger partial charge in [0.15, 0.2) is 17.5 Å². The summed E-state index contributed by atoms with van der Waals surface area (Å²) in [6.07, 6.45) is 1.48. The number of halogens is 3. The largest absolute Gasteiger partial charge is 0.383 e. The van der Waals surface area contributed by atoms with E-state index in [4.69, 9.17) is 4.74 Å². The minimum absolute atomic E-state index is 0.388. The molecule has 7 nitrogen and oxygen atoms in total. The van der Waals surface area contributed by atoms with E-state index in [1.807, 2.05) is 0 Å². The number of nitrogens with zero attached hydrogens (tertiary/aromatic N) is 3. The second kappa shape index (κ2) is 7.77. The Balaban J connectivity index is 2.03. The van der Waals surface area contributed by atoms with Gasteiger partial charge < -0.3 is 19.9 Å². The van der Waals surface area contributed by atoms with Crippen molar-refractivity contribution in [1.82, 2.24) is 20.1 Å². The number of rotatable bonds is 6. The van der Waals surface area contributed by atoms with Crippen LogP contribution in [-0.2, 0) is 11.3 Å². The molecule has 2 aromatic rings. The number of methoxy groups -OCH3 is 1. The van der Waals surface area contributed by atoms with Gasteiger partial charge in [0.05, 0.1) is 18.3 Å². The van der Waals surface area contributed by atoms with Crippen molar-refractivity contribution in [3.05, 3.63) is 41.7 Å². The zero-order valence-corrected chi connectivity index (χ0v) is 13.0. The molecule has 0 fully saturated rings. The molecule has 1 atom stereocenters. The summed E-state index contributed by atoms with van der Waals surface area (Å²) in [7, 11) is 1.55. The minimum Gasteiger partial charge on any atom is -0.383 e. The smallest absolute Gasteiger partial charge is 0.319 e. The summed E-state index contributed by atoms with van der Waals surface area (Å²) in [4.78, 5) is 11.9. The van der Waals surface area contributed by atoms with E-state index in [1.165, 1.54) is 6.33 Å². The van der Waals surface area contributed by atoms with Crippen molar-refractivity contribution in [2.45, 2.75) is 19.5 Å². The fraction of sp³-hybridized carbons (Fsp3) is 0.357. The monoisotopic (exact) mass is 343 g/mol. The molecule has 0 radical (unpaired) electrons. The van der Waals surface area contributed by atoms with E-state index in [9.17, 15) is 18.0 Å². The van der Waals surface area contributed by atoms with Gasteiger partial charge in [-0.1, -0.05) is 0 Å². The van der Waals surface area contributed by atoms with Crippen molar-refractivity contribution >= 4 is 11.7 Å². The molecule has 2 rings (SSSR count). The Morgan fingerprint density at radius 2 is 2.12 bits per heavy atom. The van der Waals surface area contributed by atoms with Crippen LogP contribution < -0.4 is 10.6 Å². The predicted octanol–water partition coefficient (Wildman–Crippen LogP) is 2.22. The number of carbonyl (C=O) groups is 1. The Kier molecular flexibility index (Phi) is 5.74. The Hall–Kier alpha value is -2.62. The van der Waals surface area contributed by atoms with Gasteiger partial charge in [-0.05, 0) is 6.92 Å². The van der Waals surface area contributed by atoms with Gasteiger partial charge >= 0.3 is 6.03 Å². The van der Waals surface area contributed by atoms with Gasteiger partial charge in [-0.2, -0.15) is 0 Å². The number of carbonyl (C=O) groups excluding carboxylic acids is 1. The molecule has 0 aliphatic carbocycles. The Bertz CT molecular complexity index is 722. The van der Waals surface area contributed by atoms with E-state index in [0.29, 0.717) is 31.1 Å². The number of aromatic nitrogens is 3. The number of ether oxygens (including phenoxy) is 1. The van der Waals surface area contributed by atoms with Crippen molar-refractivity contribution in [1.29, 1.82) is 0 Å². The summed E-state index contributed by atoms with van der Waals surface area (Å²) in [5, 5.41) is 12.2. The normalized spacial score (nSPS) is 12.0. The van der Waals surface area contributed by atoms with Crippen LogP contribution in [0.4, 0.5) is 23.7 Å². The number of hydrogen-bond acceptors (Lipinski definition) is 4. The van der Waals surface area contributed by atoms with Crippen LogP contribution in [0.3, 0.4) is 0 Å². The molecule has 1 aromatic carbocycles. The molecular formula is C14H16F3N5O2. The summed E-state index contributed by atoms with van der Waals surface area (Å²) in [6.45, 7) is 2.54. The molecule has 0 saturated carbocycles. The van der Waals surface area contributed by atoms with Crippen LogP contribution in [-0.4, -0.2) is 34.5 Å². The van der Waals surface area contributed by atoms with Crippen molar-refractivity contribution in [2.75, 3.05) is 19.0 Å². The first kappa shape index (κ1) is 17.7. The molecular weight excluding hydrogens is 327 g/mol. The number of nitrogens with one attached hydrogen (secondary N) is 2. The van der Waals surface area contributed by atoms with Crippen LogP contribution in [0.15, 0.2) is 18.5 Å². The summed E-state index contributed by atoms with van der Waals surface area (Å²) >= 11 is 0. The van der Waals surface area contributed by atoms with Gasteiger partial charge in [-0.3, -0.25) is 0 Å². The average molecular weight is 343 g/mol. The van der Waals surface area contributed by atoms with Gasteiger partial charge in [0.25, 0.3) is 0 Å². The number of anilines is 1. The first-order valence-electron chi connectivity index (χ1n) is 7.01. The van der Waals surface area contributed by atoms with Crippen LogP contribution in [0.1, 0.15) is 18.8 Å². The highest BCUT2D eigenvalue weighted by Gasteiger charge is 2.18. The molecule has 0 spiro atoms. The average Bonchev–Trinajstić information content (AvgIpc) is 2.98. The fourth-order valence-corrected chi connectivity index (χ4v) is 2.03. The maximum Gasteiger partial charge on any atom is 0.319 e. The van der Waals surface area contributed by atoms with Crippen molar-refractivity contribution in [3.63, 3.8) is 0 Å². The summed E-state index contributed by atoms with van der Waals surface area (Å²) in [5.74, 6) is -3.29. The van der Waals surface area contributed by atoms with Crippen LogP contribution in [0.2, 0.25) is 0 Å². The zero-order valence-electron chi connectivity index (χ0n) is 13.0. The lowest BCUT2D eigenvalue weighted by atomic mass is 10.3. The SMILES string of the molecule is COCCn1cnnc1[C@@H](C)NC(=O)Nc1cc(F)cc(F)c1F. The van der Waals surface area contributed by atoms with Gasteiger partial charge in [0.2, 0.25) is 0 Å². The van der Waals surface area contributed by atoms with Gasteiger partial charge in [-0.15, -0.1) is 10.2 Å². The van der Waals surface area contributed by atoms with Gasteiger partial charge in [0.1, 0.15) is 12.1 Å². The highest BCUT2D eigenvalue weighted by atomic mass is 19.2. The fourth-order valence-electron chi connectivity index (χ4n) is 2.03. The standard InChI is InChI=1S/C14H16F3N5O2/c1-8(13-21-18-7-22(13)3-4-24-2)19-14(23)20-11-6-9(15)5-10(16)12(11)17/h5-8H,3-4H2,1-2H3,(H2,19,20,23)/t8-/m1/s1. The molecule has 0 bridgehead atoms. The molecule has 1 aromatic heterocycles. The van der Waals surface area contributed by atoms with Crippen LogP contribution in [0.5, 0.6) is 0 Å². The highest BCUT2D eigenvalue weighted by Crippen LogP contribution is 2.19. The Morgan fingerprint density at radius 1 is 1.38 bits per heavy atom. The maximum atomic E-state index is 13.5.